The highest BCUT2D eigenvalue weighted by atomic mass is 16.5. The average molecular weight is 779 g/mol. The molecule has 0 radical (unpaired) electrons. The lowest BCUT2D eigenvalue weighted by atomic mass is 9.78. The Labute approximate surface area is 338 Å². The fourth-order valence-electron chi connectivity index (χ4n) is 5.98. The molecule has 0 bridgehead atoms. The predicted octanol–water partition coefficient (Wildman–Crippen LogP) is 12.6. The van der Waals surface area contributed by atoms with Crippen LogP contribution in [-0.2, 0) is 38.1 Å². The summed E-state index contributed by atoms with van der Waals surface area (Å²) in [7, 11) is 0. The minimum absolute atomic E-state index is 0.0450. The second-order valence-corrected chi connectivity index (χ2v) is 17.9. The molecule has 0 aromatic carbocycles. The lowest BCUT2D eigenvalue weighted by Gasteiger charge is -2.29. The third kappa shape index (κ3) is 31.2. The molecule has 2 atom stereocenters. The van der Waals surface area contributed by atoms with E-state index < -0.39 is 22.8 Å². The van der Waals surface area contributed by atoms with E-state index in [4.69, 9.17) is 18.9 Å². The van der Waals surface area contributed by atoms with E-state index in [1.54, 1.807) is 6.92 Å². The molecule has 0 heterocycles. The molecular formula is C47H86O8. The number of ether oxygens (including phenoxy) is 4. The summed E-state index contributed by atoms with van der Waals surface area (Å²) in [6.07, 6.45) is 19.2. The van der Waals surface area contributed by atoms with Crippen LogP contribution in [0, 0.1) is 34.5 Å². The van der Waals surface area contributed by atoms with Crippen LogP contribution in [0.25, 0.3) is 0 Å². The monoisotopic (exact) mass is 779 g/mol. The van der Waals surface area contributed by atoms with Gasteiger partial charge in [-0.2, -0.15) is 0 Å². The first kappa shape index (κ1) is 54.5. The van der Waals surface area contributed by atoms with Gasteiger partial charge in [-0.15, -0.1) is 0 Å². The summed E-state index contributed by atoms with van der Waals surface area (Å²) < 4.78 is 21.1. The van der Waals surface area contributed by atoms with Crippen molar-refractivity contribution in [3.63, 3.8) is 0 Å². The summed E-state index contributed by atoms with van der Waals surface area (Å²) in [5.41, 5.74) is -0.422. The Morgan fingerprint density at radius 1 is 0.491 bits per heavy atom. The van der Waals surface area contributed by atoms with Gasteiger partial charge in [0.1, 0.15) is 0 Å². The Hall–Kier alpha value is -2.64. The number of carbonyl (C=O) groups excluding carboxylic acids is 4. The van der Waals surface area contributed by atoms with Crippen molar-refractivity contribution in [1.82, 2.24) is 0 Å². The van der Waals surface area contributed by atoms with Gasteiger partial charge in [-0.25, -0.2) is 9.59 Å². The largest absolute Gasteiger partial charge is 0.465 e. The maximum Gasteiger partial charge on any atom is 0.333 e. The van der Waals surface area contributed by atoms with Gasteiger partial charge in [-0.3, -0.25) is 9.59 Å². The molecule has 55 heavy (non-hydrogen) atoms. The van der Waals surface area contributed by atoms with E-state index in [2.05, 4.69) is 82.4 Å². The smallest absolute Gasteiger partial charge is 0.333 e. The van der Waals surface area contributed by atoms with Gasteiger partial charge in [-0.05, 0) is 109 Å². The number of carbonyl (C=O) groups is 4. The molecule has 0 N–H and O–H groups in total. The standard InChI is InChI=1S/C36H70O4.C11H16O4/c1-29(2)19-14-12-11-13-15-23-35(9,25-21-31(5)6)33(37)39-27-16-17-28-40-34(38)36(10,26-22-32(7)8)24-18-20-30(3)4;1-4-10(12)14-7-5-6-8-15-11(13)9(2)3/h29-32H,11-28H2,1-10H3;4H,1-2,5-8H2,3H3. The van der Waals surface area contributed by atoms with Gasteiger partial charge >= 0.3 is 23.9 Å². The van der Waals surface area contributed by atoms with Crippen LogP contribution in [0.4, 0.5) is 0 Å². The maximum absolute atomic E-state index is 13.2. The van der Waals surface area contributed by atoms with Crippen LogP contribution in [0.3, 0.4) is 0 Å². The minimum atomic E-state index is -0.436. The number of esters is 4. The molecule has 0 aliphatic heterocycles. The Morgan fingerprint density at radius 3 is 1.27 bits per heavy atom. The van der Waals surface area contributed by atoms with Crippen LogP contribution < -0.4 is 0 Å². The highest BCUT2D eigenvalue weighted by molar-refractivity contribution is 5.86. The lowest BCUT2D eigenvalue weighted by Crippen LogP contribution is -2.31. The number of hydrogen-bond donors (Lipinski definition) is 0. The third-order valence-corrected chi connectivity index (χ3v) is 10.1. The molecule has 0 spiro atoms. The van der Waals surface area contributed by atoms with Gasteiger partial charge in [0.2, 0.25) is 0 Å². The molecule has 8 nitrogen and oxygen atoms in total. The zero-order chi connectivity index (χ0) is 42.3. The number of hydrogen-bond acceptors (Lipinski definition) is 8. The number of rotatable bonds is 32. The Morgan fingerprint density at radius 2 is 0.855 bits per heavy atom. The Balaban J connectivity index is 0. The lowest BCUT2D eigenvalue weighted by molar-refractivity contribution is -0.158. The van der Waals surface area contributed by atoms with Gasteiger partial charge in [-0.1, -0.05) is 120 Å². The van der Waals surface area contributed by atoms with E-state index in [9.17, 15) is 19.2 Å². The zero-order valence-electron chi connectivity index (χ0n) is 37.6. The van der Waals surface area contributed by atoms with Gasteiger partial charge in [0.05, 0.1) is 37.3 Å². The topological polar surface area (TPSA) is 105 Å². The van der Waals surface area contributed by atoms with Crippen molar-refractivity contribution in [2.75, 3.05) is 26.4 Å². The molecule has 322 valence electrons. The van der Waals surface area contributed by atoms with E-state index in [1.807, 2.05) is 0 Å². The molecule has 0 aromatic heterocycles. The zero-order valence-corrected chi connectivity index (χ0v) is 37.6. The SMILES string of the molecule is C=CC(=O)OCCCCOC(=O)C(=C)C.CC(C)CCCCCCCC(C)(CCC(C)C)C(=O)OCCCCOC(=O)C(C)(CCCC(C)C)CCC(C)C. The fourth-order valence-corrected chi connectivity index (χ4v) is 5.98. The van der Waals surface area contributed by atoms with Crippen LogP contribution in [0.2, 0.25) is 0 Å². The van der Waals surface area contributed by atoms with Gasteiger partial charge in [0, 0.05) is 11.6 Å². The fraction of sp³-hybridized carbons (Fsp3) is 0.830. The molecule has 0 rings (SSSR count). The van der Waals surface area contributed by atoms with Gasteiger partial charge in [0.25, 0.3) is 0 Å². The number of unbranched alkanes of at least 4 members (excludes halogenated alkanes) is 6. The van der Waals surface area contributed by atoms with Crippen molar-refractivity contribution < 1.29 is 38.1 Å². The molecule has 0 amide bonds. The molecule has 0 saturated carbocycles. The van der Waals surface area contributed by atoms with E-state index in [0.717, 1.165) is 82.6 Å². The van der Waals surface area contributed by atoms with Gasteiger partial charge < -0.3 is 18.9 Å². The molecule has 2 unspecified atom stereocenters. The summed E-state index contributed by atoms with van der Waals surface area (Å²) >= 11 is 0. The second kappa shape index (κ2) is 32.4. The summed E-state index contributed by atoms with van der Waals surface area (Å²) in [4.78, 5) is 47.7. The predicted molar refractivity (Wildman–Crippen MR) is 228 cm³/mol. The summed E-state index contributed by atoms with van der Waals surface area (Å²) in [5, 5.41) is 0. The van der Waals surface area contributed by atoms with E-state index in [0.29, 0.717) is 62.6 Å². The molecule has 0 aliphatic carbocycles. The summed E-state index contributed by atoms with van der Waals surface area (Å²) in [6, 6.07) is 0. The van der Waals surface area contributed by atoms with Crippen LogP contribution >= 0.6 is 0 Å². The summed E-state index contributed by atoms with van der Waals surface area (Å²) in [6.45, 7) is 31.9. The Bertz CT molecular complexity index is 1060. The first-order chi connectivity index (χ1) is 25.8. The average Bonchev–Trinajstić information content (AvgIpc) is 3.11. The van der Waals surface area contributed by atoms with Crippen molar-refractivity contribution in [3.05, 3.63) is 24.8 Å². The summed E-state index contributed by atoms with van der Waals surface area (Å²) in [5.74, 6) is 1.67. The van der Waals surface area contributed by atoms with Crippen LogP contribution in [0.1, 0.15) is 192 Å². The van der Waals surface area contributed by atoms with Crippen LogP contribution in [-0.4, -0.2) is 50.3 Å². The molecular weight excluding hydrogens is 693 g/mol. The van der Waals surface area contributed by atoms with Crippen molar-refractivity contribution in [1.29, 1.82) is 0 Å². The Kier molecular flexibility index (Phi) is 32.1. The first-order valence-electron chi connectivity index (χ1n) is 21.8. The maximum atomic E-state index is 13.2. The molecule has 8 heteroatoms. The van der Waals surface area contributed by atoms with Gasteiger partial charge in [0.15, 0.2) is 0 Å². The normalized spacial score (nSPS) is 13.4. The quantitative estimate of drug-likeness (QED) is 0.0288. The third-order valence-electron chi connectivity index (χ3n) is 10.1. The molecule has 0 aromatic rings. The van der Waals surface area contributed by atoms with E-state index in [1.165, 1.54) is 32.1 Å². The van der Waals surface area contributed by atoms with Crippen LogP contribution in [0.15, 0.2) is 24.8 Å². The first-order valence-corrected chi connectivity index (χ1v) is 21.8. The highest BCUT2D eigenvalue weighted by Crippen LogP contribution is 2.35. The van der Waals surface area contributed by atoms with Crippen molar-refractivity contribution in [3.8, 4) is 0 Å². The molecule has 0 aliphatic rings. The van der Waals surface area contributed by atoms with E-state index >= 15 is 0 Å². The molecule has 0 fully saturated rings. The van der Waals surface area contributed by atoms with Crippen LogP contribution in [0.5, 0.6) is 0 Å². The van der Waals surface area contributed by atoms with Crippen molar-refractivity contribution >= 4 is 23.9 Å². The highest BCUT2D eigenvalue weighted by Gasteiger charge is 2.35. The molecule has 0 saturated heterocycles. The van der Waals surface area contributed by atoms with E-state index in [-0.39, 0.29) is 11.9 Å². The minimum Gasteiger partial charge on any atom is -0.465 e. The van der Waals surface area contributed by atoms with Crippen molar-refractivity contribution in [2.45, 2.75) is 192 Å². The second-order valence-electron chi connectivity index (χ2n) is 17.9. The van der Waals surface area contributed by atoms with Crippen molar-refractivity contribution in [2.24, 2.45) is 34.5 Å².